The minimum Gasteiger partial charge on any atom is -0.448 e. The molecule has 10 heavy (non-hydrogen) atoms. The van der Waals surface area contributed by atoms with Crippen molar-refractivity contribution in [1.82, 2.24) is 10.9 Å². The number of hydrazine groups is 1. The van der Waals surface area contributed by atoms with Crippen molar-refractivity contribution < 1.29 is 29.2 Å². The zero-order chi connectivity index (χ0) is 7.56. The first-order valence-corrected chi connectivity index (χ1v) is 2.04. The van der Waals surface area contributed by atoms with Crippen LogP contribution in [-0.2, 0) is 14.5 Å². The molecule has 8 heteroatoms. The number of nitrogens with one attached hydrogen (secondary N) is 1. The van der Waals surface area contributed by atoms with E-state index in [-0.39, 0.29) is 5.34 Å². The molecule has 1 heterocycles. The molecule has 1 saturated heterocycles. The maximum atomic E-state index is 10.0. The molecule has 0 aromatic carbocycles. The zero-order valence-corrected chi connectivity index (χ0v) is 4.44. The fourth-order valence-electron chi connectivity index (χ4n) is 0.288. The molecule has 0 aromatic rings. The van der Waals surface area contributed by atoms with E-state index in [1.54, 1.807) is 5.59 Å². The molecule has 0 aromatic heterocycles. The summed E-state index contributed by atoms with van der Waals surface area (Å²) in [5.41, 5.74) is 1.70. The predicted octanol–water partition coefficient (Wildman–Crippen LogP) is -0.601. The van der Waals surface area contributed by atoms with Crippen molar-refractivity contribution in [3.05, 3.63) is 0 Å². The third-order valence-electron chi connectivity index (χ3n) is 0.522. The molecular weight excluding hydrogens is 148 g/mol. The minimum absolute atomic E-state index is 0.157. The number of hydrogen-bond donors (Lipinski definition) is 2. The third-order valence-corrected chi connectivity index (χ3v) is 0.522. The second-order valence-corrected chi connectivity index (χ2v) is 1.15. The molecule has 56 valence electrons. The highest BCUT2D eigenvalue weighted by molar-refractivity contribution is 5.60. The Balaban J connectivity index is 2.31. The van der Waals surface area contributed by atoms with Crippen LogP contribution in [0.5, 0.6) is 0 Å². The molecule has 8 nitrogen and oxygen atoms in total. The van der Waals surface area contributed by atoms with Crippen molar-refractivity contribution in [1.29, 1.82) is 0 Å². The van der Waals surface area contributed by atoms with Gasteiger partial charge in [-0.1, -0.05) is 0 Å². The lowest BCUT2D eigenvalue weighted by atomic mass is 11.4. The van der Waals surface area contributed by atoms with Crippen LogP contribution in [0.1, 0.15) is 0 Å². The number of carboxylic acid groups (broad SMARTS) is 1. The van der Waals surface area contributed by atoms with E-state index in [9.17, 15) is 9.59 Å². The largest absolute Gasteiger partial charge is 0.552 e. The van der Waals surface area contributed by atoms with Gasteiger partial charge in [0.2, 0.25) is 0 Å². The highest BCUT2D eigenvalue weighted by Gasteiger charge is 2.26. The van der Waals surface area contributed by atoms with E-state index in [0.29, 0.717) is 0 Å². The molecule has 0 atom stereocenters. The molecule has 0 saturated carbocycles. The van der Waals surface area contributed by atoms with Gasteiger partial charge in [0, 0.05) is 0 Å². The van der Waals surface area contributed by atoms with Gasteiger partial charge in [-0.25, -0.2) is 4.79 Å². The Hall–Kier alpha value is -1.54. The smallest absolute Gasteiger partial charge is 0.448 e. The molecule has 0 radical (unpaired) electrons. The third kappa shape index (κ3) is 1.47. The number of rotatable bonds is 1. The summed E-state index contributed by atoms with van der Waals surface area (Å²) in [6.45, 7) is 0. The Labute approximate surface area is 53.7 Å². The van der Waals surface area contributed by atoms with Gasteiger partial charge in [0.15, 0.2) is 5.34 Å². The van der Waals surface area contributed by atoms with Crippen molar-refractivity contribution in [3.63, 3.8) is 0 Å². The fraction of sp³-hybridized carbons (Fsp3) is 0. The van der Waals surface area contributed by atoms with E-state index in [4.69, 9.17) is 5.11 Å². The molecule has 0 bridgehead atoms. The highest BCUT2D eigenvalue weighted by atomic mass is 17.1. The van der Waals surface area contributed by atoms with Crippen molar-refractivity contribution >= 4 is 12.3 Å². The van der Waals surface area contributed by atoms with E-state index < -0.39 is 12.3 Å². The lowest BCUT2D eigenvalue weighted by molar-refractivity contribution is -0.328. The monoisotopic (exact) mass is 150 g/mol. The summed E-state index contributed by atoms with van der Waals surface area (Å²) < 4.78 is 0. The van der Waals surface area contributed by atoms with E-state index in [1.807, 2.05) is 0 Å². The van der Waals surface area contributed by atoms with Crippen LogP contribution in [0, 0.1) is 0 Å². The Morgan fingerprint density at radius 2 is 2.50 bits per heavy atom. The molecule has 1 aliphatic heterocycles. The second kappa shape index (κ2) is 2.37. The molecule has 1 aliphatic rings. The standard InChI is InChI=1S/C2H2N2O6/c5-1(6)9-4-3-8-2(7)10-4/h3H,(H,5,6). The molecule has 0 amide bonds. The van der Waals surface area contributed by atoms with E-state index in [2.05, 4.69) is 14.5 Å². The summed E-state index contributed by atoms with van der Waals surface area (Å²) in [7, 11) is 0. The highest BCUT2D eigenvalue weighted by Crippen LogP contribution is 1.98. The molecular formula is C2H2N2O6. The SMILES string of the molecule is O=C(O)ON1NOC(=O)O1. The maximum Gasteiger partial charge on any atom is 0.552 e. The van der Waals surface area contributed by atoms with E-state index in [1.165, 1.54) is 0 Å². The van der Waals surface area contributed by atoms with Crippen LogP contribution in [0.2, 0.25) is 0 Å². The van der Waals surface area contributed by atoms with Gasteiger partial charge < -0.3 is 9.94 Å². The number of carbonyl (C=O) groups is 2. The Morgan fingerprint density at radius 1 is 1.80 bits per heavy atom. The molecule has 0 aliphatic carbocycles. The molecule has 2 N–H and O–H groups in total. The van der Waals surface area contributed by atoms with Gasteiger partial charge >= 0.3 is 12.3 Å². The summed E-state index contributed by atoms with van der Waals surface area (Å²) in [6.07, 6.45) is -2.73. The first-order chi connectivity index (χ1) is 4.68. The Bertz CT molecular complexity index is 167. The summed E-state index contributed by atoms with van der Waals surface area (Å²) in [5, 5.41) is 8.07. The summed E-state index contributed by atoms with van der Waals surface area (Å²) in [6, 6.07) is 0. The molecule has 1 rings (SSSR count). The van der Waals surface area contributed by atoms with Gasteiger partial charge in [0.1, 0.15) is 0 Å². The minimum atomic E-state index is -1.63. The van der Waals surface area contributed by atoms with Crippen molar-refractivity contribution in [2.24, 2.45) is 0 Å². The van der Waals surface area contributed by atoms with Crippen LogP contribution in [0.3, 0.4) is 0 Å². The first-order valence-electron chi connectivity index (χ1n) is 2.04. The van der Waals surface area contributed by atoms with Gasteiger partial charge in [-0.3, -0.25) is 9.68 Å². The van der Waals surface area contributed by atoms with E-state index >= 15 is 0 Å². The molecule has 0 spiro atoms. The van der Waals surface area contributed by atoms with Gasteiger partial charge in [-0.05, 0) is 5.59 Å². The van der Waals surface area contributed by atoms with Crippen LogP contribution in [0.25, 0.3) is 0 Å². The van der Waals surface area contributed by atoms with Gasteiger partial charge in [-0.15, -0.1) is 0 Å². The zero-order valence-electron chi connectivity index (χ0n) is 4.44. The lowest BCUT2D eigenvalue weighted by Gasteiger charge is -2.02. The van der Waals surface area contributed by atoms with Crippen molar-refractivity contribution in [2.75, 3.05) is 0 Å². The van der Waals surface area contributed by atoms with Gasteiger partial charge in [-0.2, -0.15) is 4.79 Å². The van der Waals surface area contributed by atoms with Crippen LogP contribution < -0.4 is 5.59 Å². The second-order valence-electron chi connectivity index (χ2n) is 1.15. The fourth-order valence-corrected chi connectivity index (χ4v) is 0.288. The van der Waals surface area contributed by atoms with Crippen molar-refractivity contribution in [2.45, 2.75) is 0 Å². The number of nitrogens with zero attached hydrogens (tertiary/aromatic N) is 1. The Kier molecular flexibility index (Phi) is 1.56. The number of carbonyl (C=O) groups excluding carboxylic acids is 1. The number of hydrogen-bond acceptors (Lipinski definition) is 7. The Morgan fingerprint density at radius 3 is 2.90 bits per heavy atom. The van der Waals surface area contributed by atoms with Gasteiger partial charge in [0.25, 0.3) is 0 Å². The summed E-state index contributed by atoms with van der Waals surface area (Å²) in [5.74, 6) is 0. The van der Waals surface area contributed by atoms with Crippen LogP contribution in [-0.4, -0.2) is 22.8 Å². The van der Waals surface area contributed by atoms with Crippen LogP contribution in [0.15, 0.2) is 0 Å². The summed E-state index contributed by atoms with van der Waals surface area (Å²) in [4.78, 5) is 31.3. The van der Waals surface area contributed by atoms with E-state index in [0.717, 1.165) is 0 Å². The summed E-state index contributed by atoms with van der Waals surface area (Å²) >= 11 is 0. The topological polar surface area (TPSA) is 97.3 Å². The quantitative estimate of drug-likeness (QED) is 0.511. The molecule has 0 unspecified atom stereocenters. The average Bonchev–Trinajstić information content (AvgIpc) is 2.13. The van der Waals surface area contributed by atoms with Crippen molar-refractivity contribution in [3.8, 4) is 0 Å². The predicted molar refractivity (Wildman–Crippen MR) is 21.7 cm³/mol. The first kappa shape index (κ1) is 6.58. The maximum absolute atomic E-state index is 10.0. The van der Waals surface area contributed by atoms with Gasteiger partial charge in [0.05, 0.1) is 0 Å². The average molecular weight is 150 g/mol. The normalized spacial score (nSPS) is 17.8. The lowest BCUT2D eigenvalue weighted by Crippen LogP contribution is -2.31. The van der Waals surface area contributed by atoms with Crippen LogP contribution >= 0.6 is 0 Å². The van der Waals surface area contributed by atoms with Crippen LogP contribution in [0.4, 0.5) is 9.59 Å². The molecule has 1 fully saturated rings.